The van der Waals surface area contributed by atoms with Crippen LogP contribution in [0, 0.1) is 0 Å². The Kier molecular flexibility index (Phi) is 4.41. The van der Waals surface area contributed by atoms with Crippen LogP contribution in [0.15, 0.2) is 42.0 Å². The van der Waals surface area contributed by atoms with Crippen molar-refractivity contribution in [2.24, 2.45) is 0 Å². The van der Waals surface area contributed by atoms with E-state index in [-0.39, 0.29) is 0 Å². The van der Waals surface area contributed by atoms with Crippen LogP contribution in [0.25, 0.3) is 0 Å². The molecule has 0 saturated carbocycles. The fraction of sp³-hybridized carbons (Fsp3) is 0.556. The van der Waals surface area contributed by atoms with E-state index in [2.05, 4.69) is 18.0 Å². The standard InChI is InChI=1S/C18H25NO/c1-19-16-8-5-9-17(19)14-15(13-16)7-6-12-20-18-10-3-2-4-11-18/h2-4,10-11,13,16-17H,5-9,12,14H2,1H3. The van der Waals surface area contributed by atoms with E-state index in [9.17, 15) is 0 Å². The quantitative estimate of drug-likeness (QED) is 0.592. The first-order valence-electron chi connectivity index (χ1n) is 7.92. The van der Waals surface area contributed by atoms with E-state index < -0.39 is 0 Å². The minimum atomic E-state index is 0.701. The molecule has 0 radical (unpaired) electrons. The monoisotopic (exact) mass is 271 g/mol. The Morgan fingerprint density at radius 2 is 2.05 bits per heavy atom. The lowest BCUT2D eigenvalue weighted by Crippen LogP contribution is -2.45. The van der Waals surface area contributed by atoms with Crippen molar-refractivity contribution in [3.8, 4) is 5.75 Å². The maximum absolute atomic E-state index is 5.77. The molecule has 0 amide bonds. The highest BCUT2D eigenvalue weighted by Crippen LogP contribution is 2.33. The second kappa shape index (κ2) is 6.45. The average Bonchev–Trinajstić information content (AvgIpc) is 2.45. The summed E-state index contributed by atoms with van der Waals surface area (Å²) >= 11 is 0. The number of likely N-dealkylation sites (N-methyl/N-ethyl adjacent to an activating group) is 1. The van der Waals surface area contributed by atoms with Gasteiger partial charge in [-0.2, -0.15) is 0 Å². The predicted octanol–water partition coefficient (Wildman–Crippen LogP) is 4.03. The normalized spacial score (nSPS) is 26.1. The Hall–Kier alpha value is -1.28. The SMILES string of the molecule is CN1C2C=C(CCCOc3ccccc3)CC1CCC2. The van der Waals surface area contributed by atoms with Crippen LogP contribution in [-0.2, 0) is 0 Å². The largest absolute Gasteiger partial charge is 0.494 e. The molecule has 2 aliphatic rings. The lowest BCUT2D eigenvalue weighted by Gasteiger charge is -2.42. The number of fused-ring (bicyclic) bond motifs is 2. The first-order valence-corrected chi connectivity index (χ1v) is 7.92. The Morgan fingerprint density at radius 1 is 1.20 bits per heavy atom. The molecule has 3 rings (SSSR count). The number of hydrogen-bond donors (Lipinski definition) is 0. The Labute approximate surface area is 122 Å². The van der Waals surface area contributed by atoms with E-state index in [1.165, 1.54) is 32.1 Å². The number of ether oxygens (including phenoxy) is 1. The van der Waals surface area contributed by atoms with Gasteiger partial charge in [-0.1, -0.05) is 36.3 Å². The summed E-state index contributed by atoms with van der Waals surface area (Å²) in [6, 6.07) is 11.6. The first kappa shape index (κ1) is 13.7. The Morgan fingerprint density at radius 3 is 2.85 bits per heavy atom. The van der Waals surface area contributed by atoms with Crippen LogP contribution >= 0.6 is 0 Å². The first-order chi connectivity index (χ1) is 9.83. The molecule has 0 aliphatic carbocycles. The van der Waals surface area contributed by atoms with Crippen molar-refractivity contribution in [1.29, 1.82) is 0 Å². The molecule has 2 bridgehead atoms. The van der Waals surface area contributed by atoms with Crippen molar-refractivity contribution in [2.75, 3.05) is 13.7 Å². The topological polar surface area (TPSA) is 12.5 Å². The van der Waals surface area contributed by atoms with Gasteiger partial charge in [0.25, 0.3) is 0 Å². The van der Waals surface area contributed by atoms with Crippen LogP contribution in [-0.4, -0.2) is 30.6 Å². The van der Waals surface area contributed by atoms with Crippen molar-refractivity contribution >= 4 is 0 Å². The summed E-state index contributed by atoms with van der Waals surface area (Å²) in [5.74, 6) is 0.988. The summed E-state index contributed by atoms with van der Waals surface area (Å²) in [6.45, 7) is 0.826. The van der Waals surface area contributed by atoms with E-state index in [1.54, 1.807) is 5.57 Å². The van der Waals surface area contributed by atoms with E-state index >= 15 is 0 Å². The van der Waals surface area contributed by atoms with Crippen LogP contribution in [0.1, 0.15) is 38.5 Å². The fourth-order valence-electron chi connectivity index (χ4n) is 3.52. The van der Waals surface area contributed by atoms with Gasteiger partial charge in [-0.05, 0) is 51.3 Å². The smallest absolute Gasteiger partial charge is 0.119 e. The van der Waals surface area contributed by atoms with Crippen molar-refractivity contribution < 1.29 is 4.74 Å². The summed E-state index contributed by atoms with van der Waals surface area (Å²) in [4.78, 5) is 2.58. The number of hydrogen-bond acceptors (Lipinski definition) is 2. The number of rotatable bonds is 5. The van der Waals surface area contributed by atoms with Gasteiger partial charge in [0.2, 0.25) is 0 Å². The summed E-state index contributed by atoms with van der Waals surface area (Å²) in [7, 11) is 2.29. The zero-order chi connectivity index (χ0) is 13.8. The van der Waals surface area contributed by atoms with Crippen LogP contribution in [0.3, 0.4) is 0 Å². The molecular weight excluding hydrogens is 246 g/mol. The van der Waals surface area contributed by atoms with Gasteiger partial charge in [0, 0.05) is 12.1 Å². The highest BCUT2D eigenvalue weighted by atomic mass is 16.5. The lowest BCUT2D eigenvalue weighted by atomic mass is 9.84. The highest BCUT2D eigenvalue weighted by molar-refractivity contribution is 5.21. The molecule has 20 heavy (non-hydrogen) atoms. The zero-order valence-electron chi connectivity index (χ0n) is 12.4. The summed E-state index contributed by atoms with van der Waals surface area (Å²) in [6.07, 6.45) is 10.3. The highest BCUT2D eigenvalue weighted by Gasteiger charge is 2.30. The second-order valence-electron chi connectivity index (χ2n) is 6.11. The van der Waals surface area contributed by atoms with Crippen molar-refractivity contribution in [2.45, 2.75) is 50.6 Å². The van der Waals surface area contributed by atoms with Crippen molar-refractivity contribution in [3.63, 3.8) is 0 Å². The van der Waals surface area contributed by atoms with E-state index in [0.29, 0.717) is 6.04 Å². The molecule has 1 aromatic rings. The van der Waals surface area contributed by atoms with Gasteiger partial charge in [-0.15, -0.1) is 0 Å². The van der Waals surface area contributed by atoms with Crippen molar-refractivity contribution in [3.05, 3.63) is 42.0 Å². The predicted molar refractivity (Wildman–Crippen MR) is 83.1 cm³/mol. The van der Waals surface area contributed by atoms with E-state index in [0.717, 1.165) is 24.8 Å². The molecule has 2 heterocycles. The maximum Gasteiger partial charge on any atom is 0.119 e. The number of piperidine rings is 1. The Balaban J connectivity index is 1.45. The van der Waals surface area contributed by atoms with Gasteiger partial charge in [-0.3, -0.25) is 4.90 Å². The third kappa shape index (κ3) is 3.24. The zero-order valence-corrected chi connectivity index (χ0v) is 12.4. The summed E-state index contributed by atoms with van der Waals surface area (Å²) in [5.41, 5.74) is 1.66. The third-order valence-electron chi connectivity index (χ3n) is 4.72. The van der Waals surface area contributed by atoms with Crippen LogP contribution in [0.5, 0.6) is 5.75 Å². The molecule has 2 aliphatic heterocycles. The maximum atomic E-state index is 5.77. The molecular formula is C18H25NO. The molecule has 2 atom stereocenters. The van der Waals surface area contributed by atoms with E-state index in [4.69, 9.17) is 4.74 Å². The molecule has 1 fully saturated rings. The molecule has 2 heteroatoms. The molecule has 1 saturated heterocycles. The second-order valence-corrected chi connectivity index (χ2v) is 6.11. The minimum absolute atomic E-state index is 0.701. The van der Waals surface area contributed by atoms with Crippen molar-refractivity contribution in [1.82, 2.24) is 4.90 Å². The average molecular weight is 271 g/mol. The van der Waals surface area contributed by atoms with Gasteiger partial charge in [0.15, 0.2) is 0 Å². The molecule has 2 unspecified atom stereocenters. The molecule has 108 valence electrons. The van der Waals surface area contributed by atoms with E-state index in [1.807, 2.05) is 30.3 Å². The van der Waals surface area contributed by atoms with Crippen LogP contribution in [0.2, 0.25) is 0 Å². The van der Waals surface area contributed by atoms with Crippen LogP contribution in [0.4, 0.5) is 0 Å². The molecule has 0 N–H and O–H groups in total. The fourth-order valence-corrected chi connectivity index (χ4v) is 3.52. The van der Waals surface area contributed by atoms with Gasteiger partial charge in [0.1, 0.15) is 5.75 Å². The van der Waals surface area contributed by atoms with Gasteiger partial charge >= 0.3 is 0 Å². The summed E-state index contributed by atoms with van der Waals surface area (Å²) < 4.78 is 5.77. The van der Waals surface area contributed by atoms with Gasteiger partial charge < -0.3 is 4.74 Å². The number of para-hydroxylation sites is 1. The van der Waals surface area contributed by atoms with Gasteiger partial charge in [0.05, 0.1) is 6.61 Å². The lowest BCUT2D eigenvalue weighted by molar-refractivity contribution is 0.128. The van der Waals surface area contributed by atoms with Gasteiger partial charge in [-0.25, -0.2) is 0 Å². The summed E-state index contributed by atoms with van der Waals surface area (Å²) in [5, 5.41) is 0. The molecule has 2 nitrogen and oxygen atoms in total. The Bertz CT molecular complexity index is 454. The number of benzene rings is 1. The molecule has 0 aromatic heterocycles. The minimum Gasteiger partial charge on any atom is -0.494 e. The third-order valence-corrected chi connectivity index (χ3v) is 4.72. The number of nitrogens with zero attached hydrogens (tertiary/aromatic N) is 1. The molecule has 0 spiro atoms. The molecule has 1 aromatic carbocycles. The van der Waals surface area contributed by atoms with Crippen LogP contribution < -0.4 is 4.74 Å².